The highest BCUT2D eigenvalue weighted by atomic mass is 16.6. The fraction of sp³-hybridized carbons (Fsp3) is 0.667. The molecule has 1 heterocycles. The van der Waals surface area contributed by atoms with Crippen molar-refractivity contribution in [2.24, 2.45) is 0 Å². The van der Waals surface area contributed by atoms with Crippen LogP contribution in [0.4, 0.5) is 0 Å². The van der Waals surface area contributed by atoms with Crippen LogP contribution in [0.1, 0.15) is 0 Å². The van der Waals surface area contributed by atoms with E-state index in [1.54, 1.807) is 12.2 Å². The van der Waals surface area contributed by atoms with Crippen LogP contribution in [0.3, 0.4) is 0 Å². The maximum Gasteiger partial charge on any atom is 0.117 e. The third-order valence-electron chi connectivity index (χ3n) is 1.75. The summed E-state index contributed by atoms with van der Waals surface area (Å²) < 4.78 is 4.96. The van der Waals surface area contributed by atoms with Gasteiger partial charge in [-0.3, -0.25) is 0 Å². The standard InChI is InChI=1S/C6H8O3/c7-3-1-2-4-6(9-4)5(3)8/h1-8H/t3-,4+,5+,6+/m1/s1. The lowest BCUT2D eigenvalue weighted by molar-refractivity contribution is 0.0288. The molecule has 1 aliphatic heterocycles. The first-order valence-electron chi connectivity index (χ1n) is 2.99. The molecule has 0 aromatic heterocycles. The van der Waals surface area contributed by atoms with Crippen LogP contribution >= 0.6 is 0 Å². The van der Waals surface area contributed by atoms with Gasteiger partial charge in [0.05, 0.1) is 0 Å². The van der Waals surface area contributed by atoms with Crippen molar-refractivity contribution in [3.63, 3.8) is 0 Å². The molecule has 0 saturated carbocycles. The van der Waals surface area contributed by atoms with Crippen LogP contribution in [-0.4, -0.2) is 34.6 Å². The zero-order valence-corrected chi connectivity index (χ0v) is 4.77. The number of hydrogen-bond donors (Lipinski definition) is 2. The molecule has 3 heteroatoms. The first-order valence-corrected chi connectivity index (χ1v) is 2.99. The van der Waals surface area contributed by atoms with Gasteiger partial charge in [0.15, 0.2) is 0 Å². The third-order valence-corrected chi connectivity index (χ3v) is 1.75. The lowest BCUT2D eigenvalue weighted by Gasteiger charge is -2.13. The predicted octanol–water partition coefficient (Wildman–Crippen LogP) is -0.955. The van der Waals surface area contributed by atoms with Gasteiger partial charge in [0, 0.05) is 0 Å². The van der Waals surface area contributed by atoms with E-state index in [0.717, 1.165) is 0 Å². The van der Waals surface area contributed by atoms with Gasteiger partial charge in [-0.15, -0.1) is 0 Å². The number of ether oxygens (including phenoxy) is 1. The van der Waals surface area contributed by atoms with Gasteiger partial charge >= 0.3 is 0 Å². The zero-order chi connectivity index (χ0) is 6.43. The van der Waals surface area contributed by atoms with Gasteiger partial charge in [0.1, 0.15) is 24.4 Å². The van der Waals surface area contributed by atoms with Gasteiger partial charge in [-0.05, 0) is 0 Å². The Morgan fingerprint density at radius 3 is 2.67 bits per heavy atom. The van der Waals surface area contributed by atoms with Crippen molar-refractivity contribution >= 4 is 0 Å². The van der Waals surface area contributed by atoms with Gasteiger partial charge in [-0.25, -0.2) is 0 Å². The highest BCUT2D eigenvalue weighted by Crippen LogP contribution is 2.31. The molecule has 0 amide bonds. The Bertz CT molecular complexity index is 154. The average Bonchev–Trinajstić information content (AvgIpc) is 2.58. The van der Waals surface area contributed by atoms with Crippen LogP contribution in [0.15, 0.2) is 12.2 Å². The molecule has 1 fully saturated rings. The quantitative estimate of drug-likeness (QED) is 0.326. The largest absolute Gasteiger partial charge is 0.387 e. The van der Waals surface area contributed by atoms with E-state index in [-0.39, 0.29) is 12.2 Å². The third kappa shape index (κ3) is 0.694. The topological polar surface area (TPSA) is 53.0 Å². The lowest BCUT2D eigenvalue weighted by atomic mass is 10.0. The molecule has 0 aromatic rings. The first kappa shape index (κ1) is 5.41. The summed E-state index contributed by atoms with van der Waals surface area (Å²) in [5, 5.41) is 18.0. The normalized spacial score (nSPS) is 54.9. The van der Waals surface area contributed by atoms with E-state index in [0.29, 0.717) is 0 Å². The predicted molar refractivity (Wildman–Crippen MR) is 29.8 cm³/mol. The van der Waals surface area contributed by atoms with Crippen molar-refractivity contribution in [2.45, 2.75) is 24.4 Å². The van der Waals surface area contributed by atoms with Gasteiger partial charge in [0.2, 0.25) is 0 Å². The number of aliphatic hydroxyl groups excluding tert-OH is 2. The molecular weight excluding hydrogens is 120 g/mol. The molecule has 9 heavy (non-hydrogen) atoms. The maximum atomic E-state index is 9.06. The molecular formula is C6H8O3. The summed E-state index contributed by atoms with van der Waals surface area (Å²) in [7, 11) is 0. The summed E-state index contributed by atoms with van der Waals surface area (Å²) >= 11 is 0. The Kier molecular flexibility index (Phi) is 0.939. The van der Waals surface area contributed by atoms with E-state index in [9.17, 15) is 0 Å². The van der Waals surface area contributed by atoms with E-state index in [4.69, 9.17) is 14.9 Å². The fourth-order valence-corrected chi connectivity index (χ4v) is 1.10. The second-order valence-electron chi connectivity index (χ2n) is 2.43. The second-order valence-corrected chi connectivity index (χ2v) is 2.43. The average molecular weight is 128 g/mol. The minimum Gasteiger partial charge on any atom is -0.387 e. The van der Waals surface area contributed by atoms with E-state index in [1.165, 1.54) is 0 Å². The highest BCUT2D eigenvalue weighted by Gasteiger charge is 2.47. The maximum absolute atomic E-state index is 9.06. The van der Waals surface area contributed by atoms with Crippen molar-refractivity contribution in [3.8, 4) is 0 Å². The molecule has 1 saturated heterocycles. The van der Waals surface area contributed by atoms with E-state index < -0.39 is 12.2 Å². The van der Waals surface area contributed by atoms with Gasteiger partial charge in [-0.1, -0.05) is 12.2 Å². The van der Waals surface area contributed by atoms with Crippen LogP contribution in [0, 0.1) is 0 Å². The van der Waals surface area contributed by atoms with Crippen molar-refractivity contribution in [2.75, 3.05) is 0 Å². The van der Waals surface area contributed by atoms with E-state index in [1.807, 2.05) is 0 Å². The Labute approximate surface area is 52.6 Å². The Balaban J connectivity index is 2.16. The molecule has 50 valence electrons. The number of fused-ring (bicyclic) bond motifs is 1. The van der Waals surface area contributed by atoms with Gasteiger partial charge in [0.25, 0.3) is 0 Å². The molecule has 2 aliphatic rings. The van der Waals surface area contributed by atoms with Crippen molar-refractivity contribution < 1.29 is 14.9 Å². The highest BCUT2D eigenvalue weighted by molar-refractivity contribution is 5.15. The molecule has 2 rings (SSSR count). The SMILES string of the molecule is O[C@@H]1[C@H]2O[C@H]2C=C[C@H]1O. The number of aliphatic hydroxyl groups is 2. The van der Waals surface area contributed by atoms with E-state index in [2.05, 4.69) is 0 Å². The number of epoxide rings is 1. The van der Waals surface area contributed by atoms with Crippen molar-refractivity contribution in [1.82, 2.24) is 0 Å². The summed E-state index contributed by atoms with van der Waals surface area (Å²) in [4.78, 5) is 0. The Morgan fingerprint density at radius 2 is 2.00 bits per heavy atom. The lowest BCUT2D eigenvalue weighted by Crippen LogP contribution is -2.32. The fourth-order valence-electron chi connectivity index (χ4n) is 1.10. The Hall–Kier alpha value is -0.380. The van der Waals surface area contributed by atoms with E-state index >= 15 is 0 Å². The molecule has 3 nitrogen and oxygen atoms in total. The molecule has 0 aromatic carbocycles. The first-order chi connectivity index (χ1) is 4.29. The summed E-state index contributed by atoms with van der Waals surface area (Å²) in [6, 6.07) is 0. The van der Waals surface area contributed by atoms with Crippen LogP contribution < -0.4 is 0 Å². The van der Waals surface area contributed by atoms with Crippen molar-refractivity contribution in [1.29, 1.82) is 0 Å². The van der Waals surface area contributed by atoms with Crippen LogP contribution in [0.25, 0.3) is 0 Å². The van der Waals surface area contributed by atoms with Gasteiger partial charge in [-0.2, -0.15) is 0 Å². The minimum absolute atomic E-state index is 0.0726. The second kappa shape index (κ2) is 1.56. The summed E-state index contributed by atoms with van der Waals surface area (Å²) in [5.74, 6) is 0. The Morgan fingerprint density at radius 1 is 1.22 bits per heavy atom. The number of rotatable bonds is 0. The molecule has 2 N–H and O–H groups in total. The molecule has 1 aliphatic carbocycles. The summed E-state index contributed by atoms with van der Waals surface area (Å²) in [5.41, 5.74) is 0. The summed E-state index contributed by atoms with van der Waals surface area (Å²) in [6.45, 7) is 0. The zero-order valence-electron chi connectivity index (χ0n) is 4.77. The van der Waals surface area contributed by atoms with Gasteiger partial charge < -0.3 is 14.9 Å². The monoisotopic (exact) mass is 128 g/mol. The molecule has 4 atom stereocenters. The number of hydrogen-bond acceptors (Lipinski definition) is 3. The molecule has 0 bridgehead atoms. The van der Waals surface area contributed by atoms with Crippen LogP contribution in [0.2, 0.25) is 0 Å². The van der Waals surface area contributed by atoms with Crippen molar-refractivity contribution in [3.05, 3.63) is 12.2 Å². The summed E-state index contributed by atoms with van der Waals surface area (Å²) in [6.07, 6.45) is 1.85. The molecule has 0 spiro atoms. The minimum atomic E-state index is -0.728. The molecule has 0 radical (unpaired) electrons. The smallest absolute Gasteiger partial charge is 0.117 e. The van der Waals surface area contributed by atoms with Crippen LogP contribution in [-0.2, 0) is 4.74 Å². The van der Waals surface area contributed by atoms with Crippen LogP contribution in [0.5, 0.6) is 0 Å². The molecule has 0 unspecified atom stereocenters.